The fourth-order valence-electron chi connectivity index (χ4n) is 3.61. The van der Waals surface area contributed by atoms with Crippen molar-refractivity contribution in [2.24, 2.45) is 0 Å². The molecule has 0 fully saturated rings. The normalized spacial score (nSPS) is 11.6. The number of halogens is 2. The quantitative estimate of drug-likeness (QED) is 0.258. The Morgan fingerprint density at radius 3 is 2.42 bits per heavy atom. The van der Waals surface area contributed by atoms with Crippen molar-refractivity contribution in [3.05, 3.63) is 106 Å². The second-order valence-corrected chi connectivity index (χ2v) is 10.7. The highest BCUT2D eigenvalue weighted by atomic mass is 32.2. The number of thiophene rings is 1. The van der Waals surface area contributed by atoms with E-state index in [1.165, 1.54) is 18.2 Å². The number of nitrogens with zero attached hydrogens (tertiary/aromatic N) is 2. The minimum absolute atomic E-state index is 0.168. The predicted octanol–water partition coefficient (Wildman–Crippen LogP) is 5.44. The van der Waals surface area contributed by atoms with Crippen LogP contribution in [0.2, 0.25) is 0 Å². The Labute approximate surface area is 212 Å². The third kappa shape index (κ3) is 6.07. The topological polar surface area (TPSA) is 68.7 Å². The van der Waals surface area contributed by atoms with Crippen molar-refractivity contribution >= 4 is 21.4 Å². The molecule has 0 N–H and O–H groups in total. The second-order valence-electron chi connectivity index (χ2n) is 7.81. The SMILES string of the molecule is COc1cc(CN(Cc2ccccn2)S(=O)(=O)c2c(F)cccc2F)ccc1OCCc1cccs1. The van der Waals surface area contributed by atoms with Crippen LogP contribution in [0.15, 0.2) is 83.2 Å². The molecule has 10 heteroatoms. The molecule has 2 aromatic heterocycles. The van der Waals surface area contributed by atoms with Crippen LogP contribution in [0.3, 0.4) is 0 Å². The lowest BCUT2D eigenvalue weighted by atomic mass is 10.2. The van der Waals surface area contributed by atoms with Crippen LogP contribution in [0.25, 0.3) is 0 Å². The zero-order chi connectivity index (χ0) is 25.5. The summed E-state index contributed by atoms with van der Waals surface area (Å²) in [5, 5.41) is 2.00. The molecule has 2 heterocycles. The van der Waals surface area contributed by atoms with Crippen LogP contribution in [0.4, 0.5) is 8.78 Å². The first-order valence-corrected chi connectivity index (χ1v) is 13.4. The molecule has 0 aliphatic rings. The number of benzene rings is 2. The summed E-state index contributed by atoms with van der Waals surface area (Å²) in [5.74, 6) is -1.38. The Bertz CT molecular complexity index is 1380. The number of hydrogen-bond donors (Lipinski definition) is 0. The summed E-state index contributed by atoms with van der Waals surface area (Å²) in [4.78, 5) is 4.37. The van der Waals surface area contributed by atoms with Crippen molar-refractivity contribution < 1.29 is 26.7 Å². The van der Waals surface area contributed by atoms with Gasteiger partial charge in [-0.2, -0.15) is 4.31 Å². The number of methoxy groups -OCH3 is 1. The van der Waals surface area contributed by atoms with Crippen LogP contribution in [0, 0.1) is 11.6 Å². The number of aromatic nitrogens is 1. The summed E-state index contributed by atoms with van der Waals surface area (Å²) in [6.07, 6.45) is 2.27. The fraction of sp³-hybridized carbons (Fsp3) is 0.192. The van der Waals surface area contributed by atoms with Gasteiger partial charge in [-0.15, -0.1) is 11.3 Å². The molecule has 0 radical (unpaired) electrons. The second kappa shape index (κ2) is 11.6. The van der Waals surface area contributed by atoms with E-state index in [9.17, 15) is 17.2 Å². The molecule has 2 aromatic carbocycles. The van der Waals surface area contributed by atoms with Gasteiger partial charge >= 0.3 is 0 Å². The minimum Gasteiger partial charge on any atom is -0.493 e. The van der Waals surface area contributed by atoms with Gasteiger partial charge in [-0.1, -0.05) is 24.3 Å². The molecular formula is C26H24F2N2O4S2. The van der Waals surface area contributed by atoms with Gasteiger partial charge in [0, 0.05) is 24.0 Å². The van der Waals surface area contributed by atoms with Gasteiger partial charge in [-0.3, -0.25) is 4.98 Å². The zero-order valence-electron chi connectivity index (χ0n) is 19.4. The summed E-state index contributed by atoms with van der Waals surface area (Å²) in [5.41, 5.74) is 0.979. The Balaban J connectivity index is 1.60. The van der Waals surface area contributed by atoms with E-state index in [1.807, 2.05) is 17.5 Å². The lowest BCUT2D eigenvalue weighted by molar-refractivity contribution is 0.298. The molecule has 188 valence electrons. The van der Waals surface area contributed by atoms with Gasteiger partial charge in [0.2, 0.25) is 10.0 Å². The molecular weight excluding hydrogens is 506 g/mol. The van der Waals surface area contributed by atoms with E-state index in [2.05, 4.69) is 4.98 Å². The maximum absolute atomic E-state index is 14.5. The van der Waals surface area contributed by atoms with E-state index < -0.39 is 26.6 Å². The largest absolute Gasteiger partial charge is 0.493 e. The van der Waals surface area contributed by atoms with Gasteiger partial charge in [0.1, 0.15) is 11.6 Å². The molecule has 0 bridgehead atoms. The molecule has 6 nitrogen and oxygen atoms in total. The highest BCUT2D eigenvalue weighted by Gasteiger charge is 2.31. The van der Waals surface area contributed by atoms with E-state index in [0.29, 0.717) is 29.4 Å². The van der Waals surface area contributed by atoms with Crippen LogP contribution in [-0.4, -0.2) is 31.4 Å². The van der Waals surface area contributed by atoms with Crippen LogP contribution in [-0.2, 0) is 29.5 Å². The van der Waals surface area contributed by atoms with E-state index in [0.717, 1.165) is 28.9 Å². The third-order valence-electron chi connectivity index (χ3n) is 5.35. The molecule has 0 saturated heterocycles. The molecule has 0 amide bonds. The first-order valence-electron chi connectivity index (χ1n) is 11.0. The highest BCUT2D eigenvalue weighted by Crippen LogP contribution is 2.31. The van der Waals surface area contributed by atoms with Gasteiger partial charge in [0.05, 0.1) is 26.0 Å². The van der Waals surface area contributed by atoms with Crippen LogP contribution in [0.1, 0.15) is 16.1 Å². The Morgan fingerprint density at radius 2 is 1.75 bits per heavy atom. The smallest absolute Gasteiger partial charge is 0.249 e. The van der Waals surface area contributed by atoms with Crippen molar-refractivity contribution in [1.29, 1.82) is 0 Å². The van der Waals surface area contributed by atoms with Crippen molar-refractivity contribution in [2.45, 2.75) is 24.4 Å². The Morgan fingerprint density at radius 1 is 0.944 bits per heavy atom. The third-order valence-corrected chi connectivity index (χ3v) is 8.13. The molecule has 0 spiro atoms. The number of pyridine rings is 1. The minimum atomic E-state index is -4.56. The molecule has 0 atom stereocenters. The number of sulfonamides is 1. The van der Waals surface area contributed by atoms with Crippen LogP contribution < -0.4 is 9.47 Å². The average Bonchev–Trinajstić information content (AvgIpc) is 3.38. The summed E-state index contributed by atoms with van der Waals surface area (Å²) in [7, 11) is -3.07. The predicted molar refractivity (Wildman–Crippen MR) is 134 cm³/mol. The van der Waals surface area contributed by atoms with Crippen molar-refractivity contribution in [2.75, 3.05) is 13.7 Å². The van der Waals surface area contributed by atoms with E-state index in [1.54, 1.807) is 47.7 Å². The molecule has 4 aromatic rings. The molecule has 4 rings (SSSR count). The number of ether oxygens (including phenoxy) is 2. The Kier molecular flexibility index (Phi) is 8.29. The van der Waals surface area contributed by atoms with E-state index in [-0.39, 0.29) is 13.1 Å². The summed E-state index contributed by atoms with van der Waals surface area (Å²) in [6, 6.07) is 17.1. The lowest BCUT2D eigenvalue weighted by Gasteiger charge is -2.23. The van der Waals surface area contributed by atoms with E-state index in [4.69, 9.17) is 9.47 Å². The van der Waals surface area contributed by atoms with Crippen molar-refractivity contribution in [3.8, 4) is 11.5 Å². The highest BCUT2D eigenvalue weighted by molar-refractivity contribution is 7.89. The molecule has 36 heavy (non-hydrogen) atoms. The summed E-state index contributed by atoms with van der Waals surface area (Å²) >= 11 is 1.65. The van der Waals surface area contributed by atoms with Crippen LogP contribution in [0.5, 0.6) is 11.5 Å². The van der Waals surface area contributed by atoms with Crippen LogP contribution >= 0.6 is 11.3 Å². The zero-order valence-corrected chi connectivity index (χ0v) is 21.1. The molecule has 0 aliphatic heterocycles. The van der Waals surface area contributed by atoms with Crippen molar-refractivity contribution in [1.82, 2.24) is 9.29 Å². The van der Waals surface area contributed by atoms with E-state index >= 15 is 0 Å². The first-order chi connectivity index (χ1) is 17.4. The molecule has 0 unspecified atom stereocenters. The fourth-order valence-corrected chi connectivity index (χ4v) is 5.80. The average molecular weight is 531 g/mol. The lowest BCUT2D eigenvalue weighted by Crippen LogP contribution is -2.32. The summed E-state index contributed by atoms with van der Waals surface area (Å²) in [6.45, 7) is 0.0970. The first kappa shape index (κ1) is 25.7. The standard InChI is InChI=1S/C26H24F2N2O4S2/c1-33-25-16-19(10-11-24(25)34-14-12-21-7-5-15-35-21)17-30(18-20-6-2-3-13-29-20)36(31,32)26-22(27)8-4-9-23(26)28/h2-11,13,15-16H,12,14,17-18H2,1H3. The molecule has 0 aliphatic carbocycles. The maximum atomic E-state index is 14.5. The van der Waals surface area contributed by atoms with Gasteiger partial charge in [0.25, 0.3) is 0 Å². The van der Waals surface area contributed by atoms with Crippen molar-refractivity contribution in [3.63, 3.8) is 0 Å². The monoisotopic (exact) mass is 530 g/mol. The number of rotatable bonds is 11. The van der Waals surface area contributed by atoms with Gasteiger partial charge in [-0.25, -0.2) is 17.2 Å². The summed E-state index contributed by atoms with van der Waals surface area (Å²) < 4.78 is 68.1. The molecule has 0 saturated carbocycles. The van der Waals surface area contributed by atoms with Gasteiger partial charge in [0.15, 0.2) is 16.4 Å². The number of hydrogen-bond acceptors (Lipinski definition) is 6. The van der Waals surface area contributed by atoms with Gasteiger partial charge < -0.3 is 9.47 Å². The van der Waals surface area contributed by atoms with Gasteiger partial charge in [-0.05, 0) is 53.4 Å². The Hall–Kier alpha value is -3.34. The maximum Gasteiger partial charge on any atom is 0.249 e.